The summed E-state index contributed by atoms with van der Waals surface area (Å²) in [6.45, 7) is 0. The summed E-state index contributed by atoms with van der Waals surface area (Å²) >= 11 is 10.6. The molecule has 0 aliphatic heterocycles. The molecule has 0 N–H and O–H groups in total. The summed E-state index contributed by atoms with van der Waals surface area (Å²) in [7, 11) is -1.42. The van der Waals surface area contributed by atoms with E-state index in [0.717, 1.165) is 12.1 Å². The molecule has 0 spiro atoms. The number of thiocarbonyl (C=S) groups is 1. The largest absolute Gasteiger partial charge is 0.430 e. The summed E-state index contributed by atoms with van der Waals surface area (Å²) in [6.07, 6.45) is 0. The van der Waals surface area contributed by atoms with Crippen molar-refractivity contribution in [2.24, 2.45) is 0 Å². The predicted molar refractivity (Wildman–Crippen MR) is 66.7 cm³/mol. The highest BCUT2D eigenvalue weighted by molar-refractivity contribution is 7.86. The SMILES string of the molecule is CN(C)C(=S)Oc1ccc(S(=O)(=O)F)cc1Cl. The minimum Gasteiger partial charge on any atom is -0.430 e. The highest BCUT2D eigenvalue weighted by Crippen LogP contribution is 2.28. The van der Waals surface area contributed by atoms with Gasteiger partial charge in [-0.15, -0.1) is 3.89 Å². The average Bonchev–Trinajstić information content (AvgIpc) is 2.19. The maximum atomic E-state index is 12.7. The van der Waals surface area contributed by atoms with Crippen LogP contribution in [0.5, 0.6) is 5.75 Å². The Morgan fingerprint density at radius 1 is 1.47 bits per heavy atom. The highest BCUT2D eigenvalue weighted by Gasteiger charge is 2.15. The fourth-order valence-electron chi connectivity index (χ4n) is 0.901. The van der Waals surface area contributed by atoms with Gasteiger partial charge < -0.3 is 9.64 Å². The van der Waals surface area contributed by atoms with Crippen molar-refractivity contribution in [1.82, 2.24) is 4.90 Å². The molecule has 1 rings (SSSR count). The monoisotopic (exact) mass is 297 g/mol. The molecule has 4 nitrogen and oxygen atoms in total. The Balaban J connectivity index is 3.03. The van der Waals surface area contributed by atoms with Crippen LogP contribution in [0.3, 0.4) is 0 Å². The van der Waals surface area contributed by atoms with Crippen molar-refractivity contribution >= 4 is 39.2 Å². The molecule has 17 heavy (non-hydrogen) atoms. The van der Waals surface area contributed by atoms with Crippen molar-refractivity contribution in [3.05, 3.63) is 23.2 Å². The smallest absolute Gasteiger partial charge is 0.332 e. The Morgan fingerprint density at radius 3 is 2.47 bits per heavy atom. The van der Waals surface area contributed by atoms with Gasteiger partial charge in [0.2, 0.25) is 0 Å². The minimum atomic E-state index is -4.77. The van der Waals surface area contributed by atoms with Crippen molar-refractivity contribution in [2.45, 2.75) is 4.90 Å². The number of hydrogen-bond acceptors (Lipinski definition) is 4. The standard InChI is InChI=1S/C9H9ClFNO3S2/c1-12(2)9(16)15-8-4-3-6(5-7(8)10)17(11,13)14/h3-5H,1-2H3. The summed E-state index contributed by atoms with van der Waals surface area (Å²) in [5.74, 6) is 0.165. The fraction of sp³-hybridized carbons (Fsp3) is 0.222. The van der Waals surface area contributed by atoms with Crippen LogP contribution in [0.2, 0.25) is 5.02 Å². The number of halogens is 2. The third-order valence-corrected chi connectivity index (χ3v) is 3.31. The van der Waals surface area contributed by atoms with Crippen molar-refractivity contribution in [2.75, 3.05) is 14.1 Å². The van der Waals surface area contributed by atoms with E-state index in [1.165, 1.54) is 11.0 Å². The molecule has 0 heterocycles. The lowest BCUT2D eigenvalue weighted by Crippen LogP contribution is -2.25. The first kappa shape index (κ1) is 14.1. The van der Waals surface area contributed by atoms with E-state index in [4.69, 9.17) is 28.6 Å². The van der Waals surface area contributed by atoms with Gasteiger partial charge in [-0.05, 0) is 30.4 Å². The number of rotatable bonds is 2. The summed E-state index contributed by atoms with van der Waals surface area (Å²) in [5.41, 5.74) is 0. The van der Waals surface area contributed by atoms with Crippen LogP contribution in [0.25, 0.3) is 0 Å². The van der Waals surface area contributed by atoms with Gasteiger partial charge in [0.15, 0.2) is 0 Å². The number of ether oxygens (including phenoxy) is 1. The van der Waals surface area contributed by atoms with Gasteiger partial charge in [-0.1, -0.05) is 11.6 Å². The zero-order chi connectivity index (χ0) is 13.2. The third kappa shape index (κ3) is 3.79. The van der Waals surface area contributed by atoms with Crippen LogP contribution < -0.4 is 4.74 Å². The molecule has 0 bridgehead atoms. The summed E-state index contributed by atoms with van der Waals surface area (Å²) in [6, 6.07) is 3.25. The summed E-state index contributed by atoms with van der Waals surface area (Å²) in [5, 5.41) is 0.121. The van der Waals surface area contributed by atoms with E-state index >= 15 is 0 Å². The number of nitrogens with zero attached hydrogens (tertiary/aromatic N) is 1. The zero-order valence-electron chi connectivity index (χ0n) is 8.98. The molecule has 0 aliphatic carbocycles. The van der Waals surface area contributed by atoms with Crippen LogP contribution in [0.15, 0.2) is 23.1 Å². The van der Waals surface area contributed by atoms with Crippen molar-refractivity contribution < 1.29 is 17.0 Å². The predicted octanol–water partition coefficient (Wildman–Crippen LogP) is 2.22. The van der Waals surface area contributed by atoms with Crippen LogP contribution in [0, 0.1) is 0 Å². The molecule has 0 radical (unpaired) electrons. The fourth-order valence-corrected chi connectivity index (χ4v) is 1.76. The lowest BCUT2D eigenvalue weighted by molar-refractivity contribution is 0.449. The Kier molecular flexibility index (Phi) is 4.29. The van der Waals surface area contributed by atoms with Gasteiger partial charge in [0.05, 0.1) is 5.02 Å². The molecule has 0 saturated heterocycles. The molecule has 0 saturated carbocycles. The van der Waals surface area contributed by atoms with Gasteiger partial charge in [-0.2, -0.15) is 8.42 Å². The molecular formula is C9H9ClFNO3S2. The molecule has 1 aromatic carbocycles. The average molecular weight is 298 g/mol. The molecule has 94 valence electrons. The third-order valence-electron chi connectivity index (χ3n) is 1.75. The Labute approximate surface area is 109 Å². The topological polar surface area (TPSA) is 46.6 Å². The Morgan fingerprint density at radius 2 is 2.06 bits per heavy atom. The highest BCUT2D eigenvalue weighted by atomic mass is 35.5. The summed E-state index contributed by atoms with van der Waals surface area (Å²) in [4.78, 5) is 1.01. The van der Waals surface area contributed by atoms with E-state index in [1.807, 2.05) is 0 Å². The maximum Gasteiger partial charge on any atom is 0.332 e. The molecule has 0 amide bonds. The number of benzene rings is 1. The first-order chi connectivity index (χ1) is 7.71. The normalized spacial score (nSPS) is 11.1. The molecule has 0 aliphatic rings. The van der Waals surface area contributed by atoms with Gasteiger partial charge in [-0.3, -0.25) is 0 Å². The van der Waals surface area contributed by atoms with Crippen molar-refractivity contribution in [1.29, 1.82) is 0 Å². The van der Waals surface area contributed by atoms with E-state index in [2.05, 4.69) is 0 Å². The molecule has 0 aromatic heterocycles. The zero-order valence-corrected chi connectivity index (χ0v) is 11.4. The lowest BCUT2D eigenvalue weighted by atomic mass is 10.3. The van der Waals surface area contributed by atoms with Gasteiger partial charge in [0.25, 0.3) is 5.17 Å². The van der Waals surface area contributed by atoms with Crippen LogP contribution in [0.1, 0.15) is 0 Å². The van der Waals surface area contributed by atoms with E-state index in [0.29, 0.717) is 0 Å². The Bertz CT molecular complexity index is 545. The summed E-state index contributed by atoms with van der Waals surface area (Å²) < 4.78 is 39.1. The Hall–Kier alpha value is -0.920. The molecule has 0 atom stereocenters. The van der Waals surface area contributed by atoms with E-state index < -0.39 is 15.1 Å². The van der Waals surface area contributed by atoms with Gasteiger partial charge in [0.1, 0.15) is 10.6 Å². The van der Waals surface area contributed by atoms with Gasteiger partial charge in [0, 0.05) is 14.1 Å². The first-order valence-electron chi connectivity index (χ1n) is 4.35. The second-order valence-electron chi connectivity index (χ2n) is 3.29. The quantitative estimate of drug-likeness (QED) is 0.619. The molecule has 8 heteroatoms. The minimum absolute atomic E-state index is 0.0343. The second-order valence-corrected chi connectivity index (χ2v) is 5.40. The van der Waals surface area contributed by atoms with Gasteiger partial charge in [-0.25, -0.2) is 0 Å². The van der Waals surface area contributed by atoms with E-state index in [9.17, 15) is 12.3 Å². The van der Waals surface area contributed by atoms with Crippen LogP contribution in [0.4, 0.5) is 3.89 Å². The maximum absolute atomic E-state index is 12.7. The van der Waals surface area contributed by atoms with Crippen molar-refractivity contribution in [3.63, 3.8) is 0 Å². The van der Waals surface area contributed by atoms with Gasteiger partial charge >= 0.3 is 10.2 Å². The molecule has 1 aromatic rings. The van der Waals surface area contributed by atoms with Crippen LogP contribution in [-0.4, -0.2) is 32.6 Å². The molecule has 0 fully saturated rings. The van der Waals surface area contributed by atoms with Crippen molar-refractivity contribution in [3.8, 4) is 5.75 Å². The molecule has 0 unspecified atom stereocenters. The van der Waals surface area contributed by atoms with Crippen LogP contribution in [-0.2, 0) is 10.2 Å². The van der Waals surface area contributed by atoms with E-state index in [1.54, 1.807) is 14.1 Å². The molecular weight excluding hydrogens is 289 g/mol. The lowest BCUT2D eigenvalue weighted by Gasteiger charge is -2.14. The first-order valence-corrected chi connectivity index (χ1v) is 6.52. The van der Waals surface area contributed by atoms with Crippen LogP contribution >= 0.6 is 23.8 Å². The second kappa shape index (κ2) is 5.16. The number of hydrogen-bond donors (Lipinski definition) is 0. The van der Waals surface area contributed by atoms with E-state index in [-0.39, 0.29) is 15.9 Å².